The molecule has 1 aliphatic heterocycles. The third-order valence-electron chi connectivity index (χ3n) is 4.36. The van der Waals surface area contributed by atoms with Gasteiger partial charge in [-0.15, -0.1) is 0 Å². The van der Waals surface area contributed by atoms with E-state index in [2.05, 4.69) is 22.3 Å². The van der Waals surface area contributed by atoms with Crippen LogP contribution in [-0.4, -0.2) is 48.1 Å². The number of nitro benzene ring substituents is 1. The average Bonchev–Trinajstić information content (AvgIpc) is 2.67. The van der Waals surface area contributed by atoms with Crippen molar-refractivity contribution in [2.24, 2.45) is 0 Å². The lowest BCUT2D eigenvalue weighted by molar-refractivity contribution is -0.385. The van der Waals surface area contributed by atoms with E-state index in [0.717, 1.165) is 13.1 Å². The van der Waals surface area contributed by atoms with E-state index in [0.29, 0.717) is 13.2 Å². The summed E-state index contributed by atoms with van der Waals surface area (Å²) in [5.41, 5.74) is 0.899. The van der Waals surface area contributed by atoms with Crippen molar-refractivity contribution >= 4 is 23.2 Å². The van der Waals surface area contributed by atoms with E-state index in [1.807, 2.05) is 18.2 Å². The number of halogens is 1. The molecule has 0 spiro atoms. The first-order valence-electron chi connectivity index (χ1n) is 8.63. The Kier molecular flexibility index (Phi) is 6.39. The van der Waals surface area contributed by atoms with Crippen LogP contribution in [0.1, 0.15) is 15.9 Å². The van der Waals surface area contributed by atoms with Gasteiger partial charge in [-0.3, -0.25) is 19.8 Å². The predicted octanol–water partition coefficient (Wildman–Crippen LogP) is 2.88. The number of hydrogen-bond donors (Lipinski definition) is 1. The van der Waals surface area contributed by atoms with Crippen molar-refractivity contribution in [3.8, 4) is 0 Å². The van der Waals surface area contributed by atoms with E-state index in [4.69, 9.17) is 16.3 Å². The lowest BCUT2D eigenvalue weighted by Crippen LogP contribution is -2.47. The molecule has 1 heterocycles. The molecule has 2 aromatic carbocycles. The number of ether oxygens (including phenoxy) is 1. The van der Waals surface area contributed by atoms with Crippen LogP contribution in [0, 0.1) is 10.1 Å². The van der Waals surface area contributed by atoms with Crippen molar-refractivity contribution in [2.75, 3.05) is 26.2 Å². The highest BCUT2D eigenvalue weighted by Gasteiger charge is 2.24. The molecule has 0 aliphatic carbocycles. The molecule has 1 unspecified atom stereocenters. The van der Waals surface area contributed by atoms with Gasteiger partial charge in [0.25, 0.3) is 11.6 Å². The molecule has 1 N–H and O–H groups in total. The van der Waals surface area contributed by atoms with Crippen molar-refractivity contribution in [2.45, 2.75) is 12.6 Å². The number of nitrogens with one attached hydrogen (secondary N) is 1. The molecule has 2 aromatic rings. The highest BCUT2D eigenvalue weighted by molar-refractivity contribution is 6.31. The summed E-state index contributed by atoms with van der Waals surface area (Å²) < 4.78 is 5.72. The summed E-state index contributed by atoms with van der Waals surface area (Å²) in [5.74, 6) is -0.512. The van der Waals surface area contributed by atoms with Crippen LogP contribution in [0.25, 0.3) is 0 Å². The van der Waals surface area contributed by atoms with Crippen LogP contribution in [0.3, 0.4) is 0 Å². The molecule has 0 aromatic heterocycles. The maximum absolute atomic E-state index is 12.4. The molecule has 1 aliphatic rings. The second-order valence-corrected chi connectivity index (χ2v) is 6.78. The van der Waals surface area contributed by atoms with Gasteiger partial charge in [-0.25, -0.2) is 0 Å². The third kappa shape index (κ3) is 5.26. The Hall–Kier alpha value is -2.48. The maximum Gasteiger partial charge on any atom is 0.283 e. The third-order valence-corrected chi connectivity index (χ3v) is 4.60. The van der Waals surface area contributed by atoms with Gasteiger partial charge in [0.2, 0.25) is 0 Å². The Morgan fingerprint density at radius 1 is 1.30 bits per heavy atom. The summed E-state index contributed by atoms with van der Waals surface area (Å²) in [6.07, 6.45) is -0.169. The fourth-order valence-corrected chi connectivity index (χ4v) is 3.21. The summed E-state index contributed by atoms with van der Waals surface area (Å²) in [4.78, 5) is 25.2. The van der Waals surface area contributed by atoms with Crippen LogP contribution in [0.2, 0.25) is 5.02 Å². The van der Waals surface area contributed by atoms with Crippen LogP contribution in [-0.2, 0) is 11.3 Å². The largest absolute Gasteiger partial charge is 0.374 e. The monoisotopic (exact) mass is 389 g/mol. The summed E-state index contributed by atoms with van der Waals surface area (Å²) in [6, 6.07) is 14.1. The van der Waals surface area contributed by atoms with Crippen LogP contribution < -0.4 is 5.32 Å². The zero-order valence-corrected chi connectivity index (χ0v) is 15.4. The van der Waals surface area contributed by atoms with E-state index >= 15 is 0 Å². The Bertz CT molecular complexity index is 816. The zero-order chi connectivity index (χ0) is 19.2. The molecule has 0 bridgehead atoms. The number of hydrogen-bond acceptors (Lipinski definition) is 5. The minimum atomic E-state index is -0.612. The van der Waals surface area contributed by atoms with Gasteiger partial charge in [0.1, 0.15) is 5.56 Å². The summed E-state index contributed by atoms with van der Waals surface area (Å²) in [6.45, 7) is 3.18. The van der Waals surface area contributed by atoms with Gasteiger partial charge in [-0.2, -0.15) is 0 Å². The number of benzene rings is 2. The minimum Gasteiger partial charge on any atom is -0.374 e. The van der Waals surface area contributed by atoms with Gasteiger partial charge in [0.15, 0.2) is 0 Å². The maximum atomic E-state index is 12.4. The van der Waals surface area contributed by atoms with Crippen molar-refractivity contribution in [1.82, 2.24) is 10.2 Å². The summed E-state index contributed by atoms with van der Waals surface area (Å²) in [5, 5.41) is 14.1. The van der Waals surface area contributed by atoms with Crippen molar-refractivity contribution in [3.05, 3.63) is 74.8 Å². The molecule has 8 heteroatoms. The van der Waals surface area contributed by atoms with Gasteiger partial charge >= 0.3 is 0 Å². The Morgan fingerprint density at radius 3 is 2.81 bits per heavy atom. The molecule has 0 radical (unpaired) electrons. The number of amides is 1. The van der Waals surface area contributed by atoms with E-state index in [9.17, 15) is 14.9 Å². The number of carbonyl (C=O) groups is 1. The van der Waals surface area contributed by atoms with Crippen molar-refractivity contribution < 1.29 is 14.5 Å². The molecule has 1 saturated heterocycles. The molecular weight excluding hydrogens is 370 g/mol. The minimum absolute atomic E-state index is 0.0126. The van der Waals surface area contributed by atoms with Gasteiger partial charge in [-0.1, -0.05) is 41.9 Å². The summed E-state index contributed by atoms with van der Waals surface area (Å²) in [7, 11) is 0. The molecule has 1 fully saturated rings. The lowest BCUT2D eigenvalue weighted by Gasteiger charge is -2.33. The van der Waals surface area contributed by atoms with E-state index in [1.165, 1.54) is 23.8 Å². The zero-order valence-electron chi connectivity index (χ0n) is 14.6. The number of nitrogens with zero attached hydrogens (tertiary/aromatic N) is 2. The van der Waals surface area contributed by atoms with Crippen molar-refractivity contribution in [1.29, 1.82) is 0 Å². The molecular formula is C19H20ClN3O4. The highest BCUT2D eigenvalue weighted by Crippen LogP contribution is 2.23. The average molecular weight is 390 g/mol. The molecule has 3 rings (SSSR count). The SMILES string of the molecule is O=C(NCC1CN(Cc2ccccc2)CCO1)c1ccc(Cl)cc1[N+](=O)[O-]. The molecule has 142 valence electrons. The normalized spacial score (nSPS) is 17.4. The van der Waals surface area contributed by atoms with Crippen molar-refractivity contribution in [3.63, 3.8) is 0 Å². The number of nitro groups is 1. The summed E-state index contributed by atoms with van der Waals surface area (Å²) >= 11 is 5.79. The van der Waals surface area contributed by atoms with E-state index < -0.39 is 10.8 Å². The first-order valence-corrected chi connectivity index (χ1v) is 9.01. The predicted molar refractivity (Wildman–Crippen MR) is 102 cm³/mol. The number of carbonyl (C=O) groups excluding carboxylic acids is 1. The first kappa shape index (κ1) is 19.3. The number of rotatable bonds is 6. The van der Waals surface area contributed by atoms with E-state index in [1.54, 1.807) is 0 Å². The van der Waals surface area contributed by atoms with Crippen LogP contribution in [0.15, 0.2) is 48.5 Å². The fraction of sp³-hybridized carbons (Fsp3) is 0.316. The Labute approximate surface area is 162 Å². The van der Waals surface area contributed by atoms with Gasteiger partial charge in [0, 0.05) is 37.3 Å². The second kappa shape index (κ2) is 8.94. The molecule has 0 saturated carbocycles. The molecule has 27 heavy (non-hydrogen) atoms. The topological polar surface area (TPSA) is 84.7 Å². The lowest BCUT2D eigenvalue weighted by atomic mass is 10.1. The van der Waals surface area contributed by atoms with Crippen LogP contribution in [0.5, 0.6) is 0 Å². The molecule has 1 amide bonds. The number of morpholine rings is 1. The second-order valence-electron chi connectivity index (χ2n) is 6.34. The highest BCUT2D eigenvalue weighted by atomic mass is 35.5. The van der Waals surface area contributed by atoms with Gasteiger partial charge in [-0.05, 0) is 17.7 Å². The van der Waals surface area contributed by atoms with Crippen LogP contribution in [0.4, 0.5) is 5.69 Å². The smallest absolute Gasteiger partial charge is 0.283 e. The standard InChI is InChI=1S/C19H20ClN3O4/c20-15-6-7-17(18(10-15)23(25)26)19(24)21-11-16-13-22(8-9-27-16)12-14-4-2-1-3-5-14/h1-7,10,16H,8-9,11-13H2,(H,21,24). The van der Waals surface area contributed by atoms with Gasteiger partial charge < -0.3 is 10.1 Å². The first-order chi connectivity index (χ1) is 13.0. The van der Waals surface area contributed by atoms with Crippen LogP contribution >= 0.6 is 11.6 Å². The van der Waals surface area contributed by atoms with E-state index in [-0.39, 0.29) is 28.9 Å². The molecule has 1 atom stereocenters. The Balaban J connectivity index is 1.56. The Morgan fingerprint density at radius 2 is 2.07 bits per heavy atom. The fourth-order valence-electron chi connectivity index (χ4n) is 3.04. The molecule has 7 nitrogen and oxygen atoms in total. The quantitative estimate of drug-likeness (QED) is 0.606. The van der Waals surface area contributed by atoms with Gasteiger partial charge in [0.05, 0.1) is 17.6 Å².